The second-order valence-corrected chi connectivity index (χ2v) is 7.46. The van der Waals surface area contributed by atoms with Crippen LogP contribution in [0.2, 0.25) is 10.0 Å². The molecule has 0 radical (unpaired) electrons. The van der Waals surface area contributed by atoms with E-state index in [1.807, 2.05) is 0 Å². The van der Waals surface area contributed by atoms with E-state index in [1.165, 1.54) is 0 Å². The summed E-state index contributed by atoms with van der Waals surface area (Å²) in [7, 11) is 0. The number of halogens is 5. The molecule has 0 aliphatic heterocycles. The zero-order valence-electron chi connectivity index (χ0n) is 10.1. The van der Waals surface area contributed by atoms with Crippen LogP contribution in [0.5, 0.6) is 0 Å². The van der Waals surface area contributed by atoms with Gasteiger partial charge in [-0.2, -0.15) is 0 Å². The van der Waals surface area contributed by atoms with Gasteiger partial charge in [-0.25, -0.2) is 4.98 Å². The monoisotopic (exact) mass is 512 g/mol. The fourth-order valence-electron chi connectivity index (χ4n) is 1.81. The van der Waals surface area contributed by atoms with E-state index in [4.69, 9.17) is 33.4 Å². The van der Waals surface area contributed by atoms with Crippen molar-refractivity contribution in [1.29, 1.82) is 0 Å². The molecule has 21 heavy (non-hydrogen) atoms. The lowest BCUT2D eigenvalue weighted by Crippen LogP contribution is -1.88. The van der Waals surface area contributed by atoms with Crippen molar-refractivity contribution in [2.24, 2.45) is 0 Å². The van der Waals surface area contributed by atoms with Gasteiger partial charge in [0, 0.05) is 10.0 Å². The Balaban J connectivity index is 2.25. The van der Waals surface area contributed by atoms with Gasteiger partial charge < -0.3 is 10.2 Å². The minimum Gasteiger partial charge on any atom is -0.436 e. The lowest BCUT2D eigenvalue weighted by atomic mass is 10.2. The van der Waals surface area contributed by atoms with Crippen LogP contribution in [-0.4, -0.2) is 4.98 Å². The molecule has 0 saturated carbocycles. The molecule has 3 aromatic rings. The topological polar surface area (TPSA) is 52.0 Å². The van der Waals surface area contributed by atoms with E-state index in [9.17, 15) is 0 Å². The van der Waals surface area contributed by atoms with Gasteiger partial charge in [0.25, 0.3) is 0 Å². The maximum atomic E-state index is 6.11. The van der Waals surface area contributed by atoms with E-state index < -0.39 is 0 Å². The van der Waals surface area contributed by atoms with Crippen LogP contribution < -0.4 is 5.73 Å². The average Bonchev–Trinajstić information content (AvgIpc) is 2.85. The van der Waals surface area contributed by atoms with Gasteiger partial charge >= 0.3 is 0 Å². The van der Waals surface area contributed by atoms with Crippen molar-refractivity contribution in [3.05, 3.63) is 41.7 Å². The van der Waals surface area contributed by atoms with E-state index in [0.717, 1.165) is 4.47 Å². The second-order valence-electron chi connectivity index (χ2n) is 4.21. The minimum absolute atomic E-state index is 0.416. The highest BCUT2D eigenvalue weighted by Crippen LogP contribution is 2.39. The number of rotatable bonds is 1. The third kappa shape index (κ3) is 2.72. The van der Waals surface area contributed by atoms with Gasteiger partial charge in [-0.05, 0) is 66.0 Å². The van der Waals surface area contributed by atoms with Gasteiger partial charge in [0.2, 0.25) is 5.89 Å². The van der Waals surface area contributed by atoms with Gasteiger partial charge in [-0.15, -0.1) is 0 Å². The molecule has 0 aliphatic carbocycles. The SMILES string of the molecule is Nc1c(Br)cc2oc(-c3cc(Cl)c(Br)c(Cl)c3)nc2c1Br. The van der Waals surface area contributed by atoms with Crippen LogP contribution in [0.25, 0.3) is 22.6 Å². The number of benzene rings is 2. The molecule has 0 saturated heterocycles. The molecule has 0 atom stereocenters. The lowest BCUT2D eigenvalue weighted by molar-refractivity contribution is 0.619. The largest absolute Gasteiger partial charge is 0.436 e. The Kier molecular flexibility index (Phi) is 4.27. The third-order valence-electron chi connectivity index (χ3n) is 2.84. The standard InChI is InChI=1S/C13H5Br3Cl2N2O/c14-5-3-8-12(10(16)11(5)19)20-13(21-8)4-1-6(17)9(15)7(18)2-4/h1-3H,19H2. The molecule has 0 aliphatic rings. The Morgan fingerprint density at radius 2 is 1.62 bits per heavy atom. The van der Waals surface area contributed by atoms with Crippen molar-refractivity contribution < 1.29 is 4.42 Å². The van der Waals surface area contributed by atoms with E-state index in [-0.39, 0.29) is 0 Å². The fourth-order valence-corrected chi connectivity index (χ4v) is 3.70. The zero-order valence-corrected chi connectivity index (χ0v) is 16.3. The summed E-state index contributed by atoms with van der Waals surface area (Å²) in [6.45, 7) is 0. The molecule has 2 aromatic carbocycles. The molecule has 108 valence electrons. The Morgan fingerprint density at radius 1 is 1.00 bits per heavy atom. The first-order chi connectivity index (χ1) is 9.88. The van der Waals surface area contributed by atoms with Crippen LogP contribution in [0.15, 0.2) is 36.0 Å². The minimum atomic E-state index is 0.416. The summed E-state index contributed by atoms with van der Waals surface area (Å²) >= 11 is 22.3. The first kappa shape index (κ1) is 15.6. The van der Waals surface area contributed by atoms with E-state index in [2.05, 4.69) is 52.8 Å². The van der Waals surface area contributed by atoms with Crippen LogP contribution in [0.4, 0.5) is 5.69 Å². The van der Waals surface area contributed by atoms with Gasteiger partial charge in [0.1, 0.15) is 5.52 Å². The molecular weight excluding hydrogens is 511 g/mol. The molecular formula is C13H5Br3Cl2N2O. The smallest absolute Gasteiger partial charge is 0.227 e. The van der Waals surface area contributed by atoms with E-state index in [0.29, 0.717) is 47.2 Å². The molecule has 0 fully saturated rings. The highest BCUT2D eigenvalue weighted by atomic mass is 79.9. The maximum absolute atomic E-state index is 6.11. The first-order valence-corrected chi connectivity index (χ1v) is 8.71. The predicted octanol–water partition coefficient (Wildman–Crippen LogP) is 6.67. The molecule has 0 spiro atoms. The number of nitrogens with zero attached hydrogens (tertiary/aromatic N) is 1. The maximum Gasteiger partial charge on any atom is 0.227 e. The quantitative estimate of drug-likeness (QED) is 0.291. The number of aromatic nitrogens is 1. The Bertz CT molecular complexity index is 856. The normalized spacial score (nSPS) is 11.3. The molecule has 0 bridgehead atoms. The summed E-state index contributed by atoms with van der Waals surface area (Å²) in [6.07, 6.45) is 0. The van der Waals surface area contributed by atoms with Gasteiger partial charge in [0.05, 0.1) is 24.7 Å². The molecule has 0 amide bonds. The van der Waals surface area contributed by atoms with Crippen molar-refractivity contribution in [2.45, 2.75) is 0 Å². The Hall–Kier alpha value is -0.270. The van der Waals surface area contributed by atoms with Crippen LogP contribution in [-0.2, 0) is 0 Å². The Labute approximate surface area is 155 Å². The first-order valence-electron chi connectivity index (χ1n) is 5.57. The summed E-state index contributed by atoms with van der Waals surface area (Å²) in [5, 5.41) is 0.971. The van der Waals surface area contributed by atoms with Crippen molar-refractivity contribution in [3.63, 3.8) is 0 Å². The van der Waals surface area contributed by atoms with Gasteiger partial charge in [-0.3, -0.25) is 0 Å². The van der Waals surface area contributed by atoms with Crippen LogP contribution in [0.1, 0.15) is 0 Å². The highest BCUT2D eigenvalue weighted by Gasteiger charge is 2.16. The van der Waals surface area contributed by atoms with Crippen molar-refractivity contribution in [2.75, 3.05) is 5.73 Å². The number of hydrogen-bond acceptors (Lipinski definition) is 3. The van der Waals surface area contributed by atoms with E-state index >= 15 is 0 Å². The molecule has 0 unspecified atom stereocenters. The summed E-state index contributed by atoms with van der Waals surface area (Å²) < 4.78 is 7.81. The number of nitrogens with two attached hydrogens (primary N) is 1. The highest BCUT2D eigenvalue weighted by molar-refractivity contribution is 9.11. The molecule has 8 heteroatoms. The fraction of sp³-hybridized carbons (Fsp3) is 0. The van der Waals surface area contributed by atoms with Gasteiger partial charge in [-0.1, -0.05) is 23.2 Å². The predicted molar refractivity (Wildman–Crippen MR) is 97.0 cm³/mol. The molecule has 3 nitrogen and oxygen atoms in total. The summed E-state index contributed by atoms with van der Waals surface area (Å²) in [5.41, 5.74) is 8.43. The summed E-state index contributed by atoms with van der Waals surface area (Å²) in [4.78, 5) is 4.45. The summed E-state index contributed by atoms with van der Waals surface area (Å²) in [6, 6.07) is 5.23. The molecule has 3 rings (SSSR count). The van der Waals surface area contributed by atoms with Crippen molar-refractivity contribution >= 4 is 87.8 Å². The lowest BCUT2D eigenvalue weighted by Gasteiger charge is -2.01. The van der Waals surface area contributed by atoms with E-state index in [1.54, 1.807) is 18.2 Å². The number of anilines is 1. The van der Waals surface area contributed by atoms with Crippen LogP contribution in [0, 0.1) is 0 Å². The van der Waals surface area contributed by atoms with Gasteiger partial charge in [0.15, 0.2) is 5.58 Å². The Morgan fingerprint density at radius 3 is 2.24 bits per heavy atom. The number of nitrogen functional groups attached to an aromatic ring is 1. The van der Waals surface area contributed by atoms with Crippen molar-refractivity contribution in [1.82, 2.24) is 4.98 Å². The number of hydrogen-bond donors (Lipinski definition) is 1. The molecule has 1 heterocycles. The number of oxazole rings is 1. The molecule has 2 N–H and O–H groups in total. The van der Waals surface area contributed by atoms with Crippen molar-refractivity contribution in [3.8, 4) is 11.5 Å². The second kappa shape index (κ2) is 5.74. The average molecular weight is 516 g/mol. The zero-order chi connectivity index (χ0) is 15.3. The third-order valence-corrected chi connectivity index (χ3v) is 6.21. The summed E-state index contributed by atoms with van der Waals surface area (Å²) in [5.74, 6) is 0.416. The van der Waals surface area contributed by atoms with Crippen LogP contribution >= 0.6 is 71.0 Å². The number of fused-ring (bicyclic) bond motifs is 1. The van der Waals surface area contributed by atoms with Crippen LogP contribution in [0.3, 0.4) is 0 Å². The molecule has 1 aromatic heterocycles.